The number of piperazine rings is 1. The number of nitrogens with zero attached hydrogens (tertiary/aromatic N) is 3. The van der Waals surface area contributed by atoms with Gasteiger partial charge in [0.25, 0.3) is 5.91 Å². The van der Waals surface area contributed by atoms with Gasteiger partial charge in [-0.3, -0.25) is 9.78 Å². The van der Waals surface area contributed by atoms with Crippen LogP contribution >= 0.6 is 0 Å². The van der Waals surface area contributed by atoms with E-state index in [9.17, 15) is 13.2 Å². The predicted octanol–water partition coefficient (Wildman–Crippen LogP) is 1.76. The zero-order chi connectivity index (χ0) is 19.6. The van der Waals surface area contributed by atoms with E-state index in [2.05, 4.69) is 9.88 Å². The van der Waals surface area contributed by atoms with Gasteiger partial charge >= 0.3 is 0 Å². The first-order valence-corrected chi connectivity index (χ1v) is 10.5. The van der Waals surface area contributed by atoms with Crippen molar-refractivity contribution in [3.05, 3.63) is 47.8 Å². The number of sulfone groups is 1. The quantitative estimate of drug-likeness (QED) is 0.793. The van der Waals surface area contributed by atoms with Crippen molar-refractivity contribution in [3.8, 4) is 5.75 Å². The van der Waals surface area contributed by atoms with E-state index in [1.807, 2.05) is 24.3 Å². The summed E-state index contributed by atoms with van der Waals surface area (Å²) < 4.78 is 29.0. The van der Waals surface area contributed by atoms with Crippen LogP contribution in [0.1, 0.15) is 16.1 Å². The van der Waals surface area contributed by atoms with Gasteiger partial charge in [-0.25, -0.2) is 8.42 Å². The van der Waals surface area contributed by atoms with Crippen molar-refractivity contribution in [2.24, 2.45) is 0 Å². The molecule has 144 valence electrons. The third-order valence-corrected chi connectivity index (χ3v) is 5.79. The molecule has 1 saturated heterocycles. The van der Waals surface area contributed by atoms with Gasteiger partial charge in [-0.05, 0) is 25.1 Å². The number of benzene rings is 1. The predicted molar refractivity (Wildman–Crippen MR) is 103 cm³/mol. The summed E-state index contributed by atoms with van der Waals surface area (Å²) in [5, 5.41) is 0. The molecule has 27 heavy (non-hydrogen) atoms. The summed E-state index contributed by atoms with van der Waals surface area (Å²) in [4.78, 5) is 21.0. The van der Waals surface area contributed by atoms with Crippen molar-refractivity contribution in [3.63, 3.8) is 0 Å². The normalized spacial score (nSPS) is 14.9. The molecule has 7 nitrogen and oxygen atoms in total. The lowest BCUT2D eigenvalue weighted by Crippen LogP contribution is -2.49. The van der Waals surface area contributed by atoms with Gasteiger partial charge in [-0.15, -0.1) is 0 Å². The molecule has 0 radical (unpaired) electrons. The van der Waals surface area contributed by atoms with Crippen LogP contribution in [-0.4, -0.2) is 63.8 Å². The molecule has 0 atom stereocenters. The number of amides is 1. The van der Waals surface area contributed by atoms with Gasteiger partial charge in [0.2, 0.25) is 0 Å². The number of carbonyl (C=O) groups excluding carboxylic acids is 1. The minimum Gasteiger partial charge on any atom is -0.495 e. The highest BCUT2D eigenvalue weighted by Gasteiger charge is 2.25. The lowest BCUT2D eigenvalue weighted by atomic mass is 10.1. The van der Waals surface area contributed by atoms with Crippen molar-refractivity contribution in [2.75, 3.05) is 44.4 Å². The Bertz CT molecular complexity index is 951. The number of aryl methyl sites for hydroxylation is 1. The van der Waals surface area contributed by atoms with Gasteiger partial charge in [0.05, 0.1) is 29.0 Å². The van der Waals surface area contributed by atoms with Crippen molar-refractivity contribution < 1.29 is 17.9 Å². The Morgan fingerprint density at radius 1 is 1.15 bits per heavy atom. The summed E-state index contributed by atoms with van der Waals surface area (Å²) in [5.74, 6) is 0.614. The summed E-state index contributed by atoms with van der Waals surface area (Å²) in [5.41, 5.74) is 1.87. The number of carbonyl (C=O) groups is 1. The van der Waals surface area contributed by atoms with Crippen LogP contribution in [0.2, 0.25) is 0 Å². The molecule has 1 amide bonds. The second-order valence-electron chi connectivity index (χ2n) is 6.53. The number of para-hydroxylation sites is 2. The van der Waals surface area contributed by atoms with Crippen LogP contribution in [-0.2, 0) is 9.84 Å². The maximum Gasteiger partial charge on any atom is 0.255 e. The largest absolute Gasteiger partial charge is 0.495 e. The number of pyridine rings is 1. The smallest absolute Gasteiger partial charge is 0.255 e. The molecule has 0 aliphatic carbocycles. The van der Waals surface area contributed by atoms with Crippen LogP contribution < -0.4 is 9.64 Å². The Balaban J connectivity index is 1.76. The number of ether oxygens (including phenoxy) is 1. The van der Waals surface area contributed by atoms with E-state index in [0.29, 0.717) is 37.4 Å². The molecule has 0 saturated carbocycles. The van der Waals surface area contributed by atoms with E-state index in [0.717, 1.165) is 17.7 Å². The van der Waals surface area contributed by atoms with Crippen LogP contribution in [0.3, 0.4) is 0 Å². The van der Waals surface area contributed by atoms with E-state index >= 15 is 0 Å². The molecule has 3 rings (SSSR count). The Labute approximate surface area is 159 Å². The molecule has 2 heterocycles. The molecule has 8 heteroatoms. The fourth-order valence-corrected chi connectivity index (χ4v) is 3.72. The second kappa shape index (κ2) is 7.56. The number of methoxy groups -OCH3 is 1. The first kappa shape index (κ1) is 19.2. The number of hydrogen-bond donors (Lipinski definition) is 0. The van der Waals surface area contributed by atoms with Crippen LogP contribution in [0, 0.1) is 6.92 Å². The molecular formula is C19H23N3O4S. The molecule has 1 aliphatic rings. The Kier molecular flexibility index (Phi) is 5.36. The monoisotopic (exact) mass is 389 g/mol. The fraction of sp³-hybridized carbons (Fsp3) is 0.368. The third kappa shape index (κ3) is 4.05. The minimum absolute atomic E-state index is 0.0594. The van der Waals surface area contributed by atoms with Crippen molar-refractivity contribution >= 4 is 21.4 Å². The summed E-state index contributed by atoms with van der Waals surface area (Å²) in [7, 11) is -1.77. The molecule has 2 aromatic rings. The zero-order valence-electron chi connectivity index (χ0n) is 15.7. The highest BCUT2D eigenvalue weighted by atomic mass is 32.2. The molecule has 0 unspecified atom stereocenters. The molecule has 0 spiro atoms. The highest BCUT2D eigenvalue weighted by molar-refractivity contribution is 7.90. The van der Waals surface area contributed by atoms with Gasteiger partial charge < -0.3 is 14.5 Å². The van der Waals surface area contributed by atoms with Crippen LogP contribution in [0.5, 0.6) is 5.75 Å². The van der Waals surface area contributed by atoms with E-state index < -0.39 is 9.84 Å². The van der Waals surface area contributed by atoms with Crippen molar-refractivity contribution in [1.82, 2.24) is 9.88 Å². The third-order valence-electron chi connectivity index (χ3n) is 4.71. The first-order chi connectivity index (χ1) is 12.8. The first-order valence-electron chi connectivity index (χ1n) is 8.65. The average molecular weight is 389 g/mol. The topological polar surface area (TPSA) is 79.8 Å². The Hall–Kier alpha value is -2.61. The van der Waals surface area contributed by atoms with E-state index in [1.165, 1.54) is 12.3 Å². The van der Waals surface area contributed by atoms with Crippen molar-refractivity contribution in [1.29, 1.82) is 0 Å². The van der Waals surface area contributed by atoms with Crippen LogP contribution in [0.4, 0.5) is 5.69 Å². The number of anilines is 1. The molecule has 1 aromatic heterocycles. The standard InChI is InChI=1S/C19H23N3O4S/c1-14-16(12-15(13-20-14)27(3,24)25)19(23)22-10-8-21(9-11-22)17-6-4-5-7-18(17)26-2/h4-7,12-13H,8-11H2,1-3H3. The highest BCUT2D eigenvalue weighted by Crippen LogP contribution is 2.28. The molecule has 0 N–H and O–H groups in total. The van der Waals surface area contributed by atoms with Crippen LogP contribution in [0.25, 0.3) is 0 Å². The van der Waals surface area contributed by atoms with Crippen molar-refractivity contribution in [2.45, 2.75) is 11.8 Å². The summed E-state index contributed by atoms with van der Waals surface area (Å²) >= 11 is 0. The average Bonchev–Trinajstić information content (AvgIpc) is 2.67. The van der Waals surface area contributed by atoms with Gasteiger partial charge in [0.1, 0.15) is 5.75 Å². The molecular weight excluding hydrogens is 366 g/mol. The van der Waals surface area contributed by atoms with Gasteiger partial charge in [0.15, 0.2) is 9.84 Å². The number of hydrogen-bond acceptors (Lipinski definition) is 6. The minimum atomic E-state index is -3.41. The lowest BCUT2D eigenvalue weighted by molar-refractivity contribution is 0.0745. The Morgan fingerprint density at radius 3 is 2.44 bits per heavy atom. The number of aromatic nitrogens is 1. The zero-order valence-corrected chi connectivity index (χ0v) is 16.5. The molecule has 1 aromatic carbocycles. The van der Waals surface area contributed by atoms with E-state index in [-0.39, 0.29) is 10.8 Å². The van der Waals surface area contributed by atoms with Gasteiger partial charge in [-0.1, -0.05) is 12.1 Å². The van der Waals surface area contributed by atoms with Gasteiger partial charge in [0, 0.05) is 38.6 Å². The number of rotatable bonds is 4. The molecule has 0 bridgehead atoms. The molecule has 1 aliphatic heterocycles. The lowest BCUT2D eigenvalue weighted by Gasteiger charge is -2.36. The van der Waals surface area contributed by atoms with Crippen LogP contribution in [0.15, 0.2) is 41.4 Å². The summed E-state index contributed by atoms with van der Waals surface area (Å²) in [6.45, 7) is 4.14. The maximum absolute atomic E-state index is 12.9. The SMILES string of the molecule is COc1ccccc1N1CCN(C(=O)c2cc(S(C)(=O)=O)cnc2C)CC1. The fourth-order valence-electron chi connectivity index (χ4n) is 3.15. The van der Waals surface area contributed by atoms with E-state index in [1.54, 1.807) is 18.9 Å². The van der Waals surface area contributed by atoms with E-state index in [4.69, 9.17) is 4.74 Å². The maximum atomic E-state index is 12.9. The second-order valence-corrected chi connectivity index (χ2v) is 8.54. The molecule has 1 fully saturated rings. The Morgan fingerprint density at radius 2 is 1.81 bits per heavy atom. The van der Waals surface area contributed by atoms with Gasteiger partial charge in [-0.2, -0.15) is 0 Å². The summed E-state index contributed by atoms with van der Waals surface area (Å²) in [6, 6.07) is 9.22. The summed E-state index contributed by atoms with van der Waals surface area (Å²) in [6.07, 6.45) is 2.40.